The second-order valence-electron chi connectivity index (χ2n) is 7.49. The van der Waals surface area contributed by atoms with Crippen molar-refractivity contribution in [2.45, 2.75) is 13.3 Å². The number of para-hydroxylation sites is 1. The lowest BCUT2D eigenvalue weighted by Crippen LogP contribution is -2.31. The number of nitrogens with zero attached hydrogens (tertiary/aromatic N) is 1. The summed E-state index contributed by atoms with van der Waals surface area (Å²) >= 11 is 6.63. The summed E-state index contributed by atoms with van der Waals surface area (Å²) in [6.07, 6.45) is 1.96. The molecule has 0 aromatic heterocycles. The van der Waals surface area contributed by atoms with E-state index in [1.165, 1.54) is 16.7 Å². The number of hydrogen-bond donors (Lipinski definition) is 1. The predicted molar refractivity (Wildman–Crippen MR) is 137 cm³/mol. The van der Waals surface area contributed by atoms with Crippen molar-refractivity contribution in [3.8, 4) is 11.5 Å². The molecular weight excluding hydrogens is 452 g/mol. The third-order valence-electron chi connectivity index (χ3n) is 4.87. The Kier molecular flexibility index (Phi) is 7.22. The first kappa shape index (κ1) is 22.8. The fourth-order valence-electron chi connectivity index (χ4n) is 3.30. The third kappa shape index (κ3) is 6.09. The maximum Gasteiger partial charge on any atom is 0.266 e. The van der Waals surface area contributed by atoms with Gasteiger partial charge in [-0.25, -0.2) is 0 Å². The third-order valence-corrected chi connectivity index (χ3v) is 6.25. The highest BCUT2D eigenvalue weighted by Crippen LogP contribution is 2.33. The zero-order chi connectivity index (χ0) is 23.2. The van der Waals surface area contributed by atoms with Crippen molar-refractivity contribution in [3.05, 3.63) is 94.9 Å². The van der Waals surface area contributed by atoms with E-state index in [0.717, 1.165) is 22.6 Å². The molecular formula is C26H22N2O3S2. The van der Waals surface area contributed by atoms with Crippen molar-refractivity contribution in [2.75, 3.05) is 11.9 Å². The highest BCUT2D eigenvalue weighted by Gasteiger charge is 2.32. The molecule has 7 heteroatoms. The first-order chi connectivity index (χ1) is 16.0. The molecule has 0 spiro atoms. The fourth-order valence-corrected chi connectivity index (χ4v) is 4.60. The molecule has 0 bridgehead atoms. The number of ether oxygens (including phenoxy) is 1. The summed E-state index contributed by atoms with van der Waals surface area (Å²) in [6.45, 7) is 2.20. The van der Waals surface area contributed by atoms with Crippen LogP contribution in [0.15, 0.2) is 83.8 Å². The molecule has 1 heterocycles. The summed E-state index contributed by atoms with van der Waals surface area (Å²) in [5.74, 6) is 1.07. The molecule has 166 valence electrons. The summed E-state index contributed by atoms with van der Waals surface area (Å²) in [7, 11) is 0. The molecule has 0 radical (unpaired) electrons. The number of rotatable bonds is 7. The minimum absolute atomic E-state index is 0.161. The maximum absolute atomic E-state index is 12.9. The van der Waals surface area contributed by atoms with E-state index >= 15 is 0 Å². The van der Waals surface area contributed by atoms with Gasteiger partial charge in [-0.15, -0.1) is 0 Å². The van der Waals surface area contributed by atoms with E-state index in [2.05, 4.69) is 5.32 Å². The summed E-state index contributed by atoms with van der Waals surface area (Å²) < 4.78 is 6.32. The van der Waals surface area contributed by atoms with Crippen LogP contribution in [-0.4, -0.2) is 27.6 Å². The van der Waals surface area contributed by atoms with Gasteiger partial charge in [-0.1, -0.05) is 66.4 Å². The van der Waals surface area contributed by atoms with E-state index in [4.69, 9.17) is 17.0 Å². The number of carbonyl (C=O) groups excluding carboxylic acids is 2. The SMILES string of the molecule is Cc1cccc(NC(=O)CCN2C(=O)/C(=C/c3cccc(Oc4ccccc4)c3)SC2=S)c1. The van der Waals surface area contributed by atoms with Crippen molar-refractivity contribution in [1.82, 2.24) is 4.90 Å². The lowest BCUT2D eigenvalue weighted by Gasteiger charge is -2.14. The van der Waals surface area contributed by atoms with E-state index in [-0.39, 0.29) is 24.8 Å². The number of nitrogens with one attached hydrogen (secondary N) is 1. The van der Waals surface area contributed by atoms with Crippen molar-refractivity contribution in [1.29, 1.82) is 0 Å². The van der Waals surface area contributed by atoms with Crippen LogP contribution < -0.4 is 10.1 Å². The van der Waals surface area contributed by atoms with Crippen molar-refractivity contribution < 1.29 is 14.3 Å². The minimum atomic E-state index is -0.192. The number of carbonyl (C=O) groups is 2. The number of amides is 2. The molecule has 4 rings (SSSR count). The molecule has 0 saturated carbocycles. The number of anilines is 1. The zero-order valence-electron chi connectivity index (χ0n) is 18.0. The van der Waals surface area contributed by atoms with Crippen LogP contribution in [0.4, 0.5) is 5.69 Å². The van der Waals surface area contributed by atoms with Gasteiger partial charge < -0.3 is 10.1 Å². The maximum atomic E-state index is 12.9. The molecule has 2 amide bonds. The van der Waals surface area contributed by atoms with Crippen LogP contribution in [0.2, 0.25) is 0 Å². The van der Waals surface area contributed by atoms with Gasteiger partial charge in [-0.05, 0) is 60.5 Å². The summed E-state index contributed by atoms with van der Waals surface area (Å²) in [5, 5.41) is 2.86. The minimum Gasteiger partial charge on any atom is -0.457 e. The molecule has 0 unspecified atom stereocenters. The Hall–Kier alpha value is -3.42. The van der Waals surface area contributed by atoms with Gasteiger partial charge in [-0.2, -0.15) is 0 Å². The molecule has 5 nitrogen and oxygen atoms in total. The van der Waals surface area contributed by atoms with Gasteiger partial charge in [0.1, 0.15) is 15.8 Å². The van der Waals surface area contributed by atoms with Crippen LogP contribution in [0.1, 0.15) is 17.5 Å². The van der Waals surface area contributed by atoms with E-state index in [1.807, 2.05) is 85.8 Å². The summed E-state index contributed by atoms with van der Waals surface area (Å²) in [4.78, 5) is 27.2. The van der Waals surface area contributed by atoms with Gasteiger partial charge in [0.15, 0.2) is 0 Å². The van der Waals surface area contributed by atoms with Crippen LogP contribution >= 0.6 is 24.0 Å². The van der Waals surface area contributed by atoms with Gasteiger partial charge >= 0.3 is 0 Å². The molecule has 1 saturated heterocycles. The molecule has 1 aliphatic rings. The zero-order valence-corrected chi connectivity index (χ0v) is 19.6. The van der Waals surface area contributed by atoms with E-state index in [0.29, 0.717) is 15.0 Å². The second-order valence-corrected chi connectivity index (χ2v) is 9.16. The second kappa shape index (κ2) is 10.5. The standard InChI is InChI=1S/C26H22N2O3S2/c1-18-7-5-9-20(15-18)27-24(29)13-14-28-25(30)23(33-26(28)32)17-19-8-6-12-22(16-19)31-21-10-3-2-4-11-21/h2-12,15-17H,13-14H2,1H3,(H,27,29)/b23-17-. The van der Waals surface area contributed by atoms with E-state index in [1.54, 1.807) is 6.08 Å². The molecule has 0 aliphatic carbocycles. The largest absolute Gasteiger partial charge is 0.457 e. The van der Waals surface area contributed by atoms with Gasteiger partial charge in [0, 0.05) is 18.7 Å². The van der Waals surface area contributed by atoms with Crippen LogP contribution in [0.25, 0.3) is 6.08 Å². The highest BCUT2D eigenvalue weighted by atomic mass is 32.2. The van der Waals surface area contributed by atoms with E-state index < -0.39 is 0 Å². The lowest BCUT2D eigenvalue weighted by molar-refractivity contribution is -0.122. The molecule has 3 aromatic carbocycles. The van der Waals surface area contributed by atoms with Gasteiger partial charge in [-0.3, -0.25) is 14.5 Å². The van der Waals surface area contributed by atoms with Crippen LogP contribution in [-0.2, 0) is 9.59 Å². The number of hydrogen-bond acceptors (Lipinski definition) is 5. The average molecular weight is 475 g/mol. The Morgan fingerprint density at radius 3 is 2.58 bits per heavy atom. The smallest absolute Gasteiger partial charge is 0.266 e. The molecule has 1 aliphatic heterocycles. The molecule has 0 atom stereocenters. The molecule has 3 aromatic rings. The van der Waals surface area contributed by atoms with Crippen molar-refractivity contribution in [3.63, 3.8) is 0 Å². The summed E-state index contributed by atoms with van der Waals surface area (Å²) in [5.41, 5.74) is 2.64. The number of aryl methyl sites for hydroxylation is 1. The Bertz CT molecular complexity index is 1220. The quantitative estimate of drug-likeness (QED) is 0.335. The van der Waals surface area contributed by atoms with Crippen molar-refractivity contribution >= 4 is 51.9 Å². The van der Waals surface area contributed by atoms with Gasteiger partial charge in [0.25, 0.3) is 5.91 Å². The van der Waals surface area contributed by atoms with Crippen LogP contribution in [0.3, 0.4) is 0 Å². The molecule has 1 N–H and O–H groups in total. The number of thioether (sulfide) groups is 1. The Labute approximate surface area is 202 Å². The fraction of sp³-hybridized carbons (Fsp3) is 0.115. The lowest BCUT2D eigenvalue weighted by atomic mass is 10.2. The Morgan fingerprint density at radius 2 is 1.79 bits per heavy atom. The van der Waals surface area contributed by atoms with E-state index in [9.17, 15) is 9.59 Å². The first-order valence-corrected chi connectivity index (χ1v) is 11.7. The Balaban J connectivity index is 1.38. The van der Waals surface area contributed by atoms with Crippen LogP contribution in [0, 0.1) is 6.92 Å². The molecule has 1 fully saturated rings. The molecule has 33 heavy (non-hydrogen) atoms. The van der Waals surface area contributed by atoms with Crippen LogP contribution in [0.5, 0.6) is 11.5 Å². The predicted octanol–water partition coefficient (Wildman–Crippen LogP) is 6.02. The first-order valence-electron chi connectivity index (χ1n) is 10.4. The monoisotopic (exact) mass is 474 g/mol. The van der Waals surface area contributed by atoms with Gasteiger partial charge in [0.05, 0.1) is 4.91 Å². The normalized spacial score (nSPS) is 14.6. The van der Waals surface area contributed by atoms with Gasteiger partial charge in [0.2, 0.25) is 5.91 Å². The average Bonchev–Trinajstić information content (AvgIpc) is 3.05. The highest BCUT2D eigenvalue weighted by molar-refractivity contribution is 8.26. The summed E-state index contributed by atoms with van der Waals surface area (Å²) in [6, 6.07) is 24.6. The topological polar surface area (TPSA) is 58.6 Å². The number of thiocarbonyl (C=S) groups is 1. The Morgan fingerprint density at radius 1 is 1.03 bits per heavy atom. The van der Waals surface area contributed by atoms with Crippen molar-refractivity contribution in [2.24, 2.45) is 0 Å². The number of benzene rings is 3.